The van der Waals surface area contributed by atoms with Gasteiger partial charge in [-0.25, -0.2) is 0 Å². The number of halogens is 2. The van der Waals surface area contributed by atoms with Crippen LogP contribution in [-0.4, -0.2) is 18.4 Å². The molecule has 1 heterocycles. The van der Waals surface area contributed by atoms with Crippen LogP contribution in [0.3, 0.4) is 0 Å². The van der Waals surface area contributed by atoms with Gasteiger partial charge >= 0.3 is 0 Å². The highest BCUT2D eigenvalue weighted by Crippen LogP contribution is 2.38. The van der Waals surface area contributed by atoms with Crippen molar-refractivity contribution in [2.24, 2.45) is 0 Å². The van der Waals surface area contributed by atoms with E-state index >= 15 is 0 Å². The molecule has 124 valence electrons. The maximum Gasteiger partial charge on any atom is 0.228 e. The summed E-state index contributed by atoms with van der Waals surface area (Å²) in [5, 5.41) is 3.58. The van der Waals surface area contributed by atoms with E-state index < -0.39 is 0 Å². The van der Waals surface area contributed by atoms with Gasteiger partial charge in [0.2, 0.25) is 11.8 Å². The molecule has 0 bridgehead atoms. The molecule has 1 N–H and O–H groups in total. The molecule has 6 heteroatoms. The van der Waals surface area contributed by atoms with E-state index in [4.69, 9.17) is 11.6 Å². The smallest absolute Gasteiger partial charge is 0.228 e. The summed E-state index contributed by atoms with van der Waals surface area (Å²) in [7, 11) is 0. The first-order valence-electron chi connectivity index (χ1n) is 7.59. The second-order valence-electron chi connectivity index (χ2n) is 5.73. The highest BCUT2D eigenvalue weighted by atomic mass is 79.9. The third-order valence-corrected chi connectivity index (χ3v) is 4.67. The van der Waals surface area contributed by atoms with E-state index in [2.05, 4.69) is 21.2 Å². The van der Waals surface area contributed by atoms with Crippen molar-refractivity contribution in [3.63, 3.8) is 0 Å². The van der Waals surface area contributed by atoms with Crippen LogP contribution < -0.4 is 10.2 Å². The van der Waals surface area contributed by atoms with Crippen molar-refractivity contribution in [2.75, 3.05) is 16.8 Å². The molecule has 0 saturated carbocycles. The number of nitrogens with zero attached hydrogens (tertiary/aromatic N) is 1. The Hall–Kier alpha value is -1.85. The van der Waals surface area contributed by atoms with Gasteiger partial charge in [-0.2, -0.15) is 0 Å². The molecule has 3 rings (SSSR count). The number of carbonyl (C=O) groups excluding carboxylic acids is 2. The van der Waals surface area contributed by atoms with Crippen molar-refractivity contribution in [3.8, 4) is 0 Å². The van der Waals surface area contributed by atoms with Gasteiger partial charge in [0.15, 0.2) is 0 Å². The highest BCUT2D eigenvalue weighted by Gasteiger charge is 2.26. The fourth-order valence-corrected chi connectivity index (χ4v) is 3.53. The number of hydrogen-bond donors (Lipinski definition) is 1. The molecule has 0 atom stereocenters. The Morgan fingerprint density at radius 3 is 2.62 bits per heavy atom. The Morgan fingerprint density at radius 2 is 1.96 bits per heavy atom. The molecular formula is C18H16BrClN2O2. The number of carbonyl (C=O) groups is 2. The number of amides is 2. The monoisotopic (exact) mass is 406 g/mol. The Balaban J connectivity index is 1.83. The summed E-state index contributed by atoms with van der Waals surface area (Å²) >= 11 is 9.33. The van der Waals surface area contributed by atoms with Gasteiger partial charge < -0.3 is 10.2 Å². The zero-order valence-corrected chi connectivity index (χ0v) is 15.4. The molecular weight excluding hydrogens is 392 g/mol. The van der Waals surface area contributed by atoms with Crippen molar-refractivity contribution in [3.05, 3.63) is 57.0 Å². The SMILES string of the molecule is CC(=O)N1CCc2cc(Br)cc(NC(=O)Cc3ccc(Cl)cc3)c21. The first kappa shape index (κ1) is 17.0. The van der Waals surface area contributed by atoms with Crippen LogP contribution in [0.5, 0.6) is 0 Å². The van der Waals surface area contributed by atoms with Gasteiger partial charge in [0.25, 0.3) is 0 Å². The maximum absolute atomic E-state index is 12.4. The number of nitrogens with one attached hydrogen (secondary N) is 1. The fourth-order valence-electron chi connectivity index (χ4n) is 2.90. The minimum absolute atomic E-state index is 0.0238. The Bertz CT molecular complexity index is 805. The van der Waals surface area contributed by atoms with Crippen LogP contribution >= 0.6 is 27.5 Å². The fraction of sp³-hybridized carbons (Fsp3) is 0.222. The molecule has 0 aliphatic carbocycles. The van der Waals surface area contributed by atoms with E-state index in [0.717, 1.165) is 27.7 Å². The molecule has 2 aromatic rings. The molecule has 24 heavy (non-hydrogen) atoms. The lowest BCUT2D eigenvalue weighted by Gasteiger charge is -2.19. The first-order valence-corrected chi connectivity index (χ1v) is 8.76. The van der Waals surface area contributed by atoms with E-state index in [9.17, 15) is 9.59 Å². The summed E-state index contributed by atoms with van der Waals surface area (Å²) in [4.78, 5) is 25.9. The summed E-state index contributed by atoms with van der Waals surface area (Å²) in [5.41, 5.74) is 3.40. The minimum Gasteiger partial charge on any atom is -0.324 e. The van der Waals surface area contributed by atoms with E-state index in [1.165, 1.54) is 6.92 Å². The van der Waals surface area contributed by atoms with Crippen molar-refractivity contribution < 1.29 is 9.59 Å². The van der Waals surface area contributed by atoms with E-state index in [0.29, 0.717) is 17.3 Å². The molecule has 0 saturated heterocycles. The van der Waals surface area contributed by atoms with Gasteiger partial charge in [-0.3, -0.25) is 9.59 Å². The van der Waals surface area contributed by atoms with Crippen molar-refractivity contribution in [1.82, 2.24) is 0 Å². The van der Waals surface area contributed by atoms with Gasteiger partial charge in [-0.1, -0.05) is 39.7 Å². The predicted octanol–water partition coefficient (Wildman–Crippen LogP) is 4.19. The molecule has 4 nitrogen and oxygen atoms in total. The Kier molecular flexibility index (Phi) is 4.92. The zero-order valence-electron chi connectivity index (χ0n) is 13.1. The van der Waals surface area contributed by atoms with E-state index in [1.54, 1.807) is 17.0 Å². The molecule has 2 aromatic carbocycles. The summed E-state index contributed by atoms with van der Waals surface area (Å²) in [6, 6.07) is 11.0. The number of anilines is 2. The third kappa shape index (κ3) is 3.62. The van der Waals surface area contributed by atoms with Crippen LogP contribution in [0.15, 0.2) is 40.9 Å². The quantitative estimate of drug-likeness (QED) is 0.829. The minimum atomic E-state index is -0.131. The summed E-state index contributed by atoms with van der Waals surface area (Å²) in [6.45, 7) is 2.18. The Labute approximate surface area is 153 Å². The standard InChI is InChI=1S/C18H16BrClN2O2/c1-11(23)22-7-6-13-9-14(19)10-16(18(13)22)21-17(24)8-12-2-4-15(20)5-3-12/h2-5,9-10H,6-8H2,1H3,(H,21,24). The first-order chi connectivity index (χ1) is 11.4. The van der Waals surface area contributed by atoms with Gasteiger partial charge in [-0.15, -0.1) is 0 Å². The van der Waals surface area contributed by atoms with Crippen molar-refractivity contribution in [2.45, 2.75) is 19.8 Å². The lowest BCUT2D eigenvalue weighted by atomic mass is 10.1. The van der Waals surface area contributed by atoms with Crippen molar-refractivity contribution >= 4 is 50.7 Å². The molecule has 0 fully saturated rings. The summed E-state index contributed by atoms with van der Waals surface area (Å²) in [5.74, 6) is -0.155. The molecule has 0 radical (unpaired) electrons. The molecule has 0 unspecified atom stereocenters. The molecule has 0 spiro atoms. The zero-order chi connectivity index (χ0) is 17.3. The number of benzene rings is 2. The number of rotatable bonds is 3. The number of fused-ring (bicyclic) bond motifs is 1. The molecule has 0 aromatic heterocycles. The maximum atomic E-state index is 12.4. The highest BCUT2D eigenvalue weighted by molar-refractivity contribution is 9.10. The van der Waals surface area contributed by atoms with Crippen LogP contribution in [0.4, 0.5) is 11.4 Å². The van der Waals surface area contributed by atoms with Gasteiger partial charge in [-0.05, 0) is 41.8 Å². The normalized spacial score (nSPS) is 12.9. The van der Waals surface area contributed by atoms with Gasteiger partial charge in [0, 0.05) is 23.0 Å². The van der Waals surface area contributed by atoms with Crippen LogP contribution in [-0.2, 0) is 22.4 Å². The number of hydrogen-bond acceptors (Lipinski definition) is 2. The Morgan fingerprint density at radius 1 is 1.25 bits per heavy atom. The average Bonchev–Trinajstić information content (AvgIpc) is 2.93. The third-order valence-electron chi connectivity index (χ3n) is 3.96. The van der Waals surface area contributed by atoms with Gasteiger partial charge in [0.1, 0.15) is 0 Å². The second kappa shape index (κ2) is 6.95. The van der Waals surface area contributed by atoms with Crippen LogP contribution in [0, 0.1) is 0 Å². The molecule has 1 aliphatic heterocycles. The largest absolute Gasteiger partial charge is 0.324 e. The van der Waals surface area contributed by atoms with E-state index in [-0.39, 0.29) is 18.2 Å². The van der Waals surface area contributed by atoms with Gasteiger partial charge in [0.05, 0.1) is 17.8 Å². The van der Waals surface area contributed by atoms with Crippen molar-refractivity contribution in [1.29, 1.82) is 0 Å². The lowest BCUT2D eigenvalue weighted by molar-refractivity contribution is -0.117. The average molecular weight is 408 g/mol. The molecule has 2 amide bonds. The van der Waals surface area contributed by atoms with Crippen LogP contribution in [0.2, 0.25) is 5.02 Å². The van der Waals surface area contributed by atoms with Crippen LogP contribution in [0.25, 0.3) is 0 Å². The summed E-state index contributed by atoms with van der Waals surface area (Å²) in [6.07, 6.45) is 1.03. The predicted molar refractivity (Wildman–Crippen MR) is 99.7 cm³/mol. The molecule has 1 aliphatic rings. The second-order valence-corrected chi connectivity index (χ2v) is 7.09. The topological polar surface area (TPSA) is 49.4 Å². The van der Waals surface area contributed by atoms with Crippen LogP contribution in [0.1, 0.15) is 18.1 Å². The van der Waals surface area contributed by atoms with E-state index in [1.807, 2.05) is 24.3 Å². The summed E-state index contributed by atoms with van der Waals surface area (Å²) < 4.78 is 0.883. The lowest BCUT2D eigenvalue weighted by Crippen LogP contribution is -2.27.